The number of hydrogen-bond donors (Lipinski definition) is 2. The molecule has 0 amide bonds. The van der Waals surface area contributed by atoms with Crippen molar-refractivity contribution >= 4 is 32.5 Å². The van der Waals surface area contributed by atoms with Crippen LogP contribution in [0.4, 0.5) is 11.6 Å². The number of nitrogens with zero attached hydrogens (tertiary/aromatic N) is 7. The molecule has 5 rings (SSSR count). The standard InChI is InChI=1S/C27H31N9O4S/c1-34(2)9-11-41(38,39)24-17-35(3)33-22(24)16-36-25-20(12-19(13-28)26(36)37)14-30-27(32-25)31-21-6-4-18(5-7-21)23-15-29-8-10-40-23/h4-7,12,14,17,23,29H,8-11,15-16H2,1-3H3,(H,30,31,32). The van der Waals surface area contributed by atoms with E-state index < -0.39 is 15.4 Å². The van der Waals surface area contributed by atoms with E-state index >= 15 is 0 Å². The third kappa shape index (κ3) is 6.28. The molecular weight excluding hydrogens is 546 g/mol. The van der Waals surface area contributed by atoms with Crippen LogP contribution in [0, 0.1) is 11.3 Å². The summed E-state index contributed by atoms with van der Waals surface area (Å²) in [7, 11) is 1.51. The van der Waals surface area contributed by atoms with Gasteiger partial charge in [-0.15, -0.1) is 0 Å². The molecule has 1 saturated heterocycles. The number of nitriles is 1. The van der Waals surface area contributed by atoms with Crippen LogP contribution < -0.4 is 16.2 Å². The van der Waals surface area contributed by atoms with Gasteiger partial charge in [0.25, 0.3) is 5.56 Å². The second-order valence-electron chi connectivity index (χ2n) is 10.1. The molecule has 0 aliphatic carbocycles. The van der Waals surface area contributed by atoms with Gasteiger partial charge in [-0.05, 0) is 37.9 Å². The first-order chi connectivity index (χ1) is 19.6. The highest BCUT2D eigenvalue weighted by Gasteiger charge is 2.24. The Bertz CT molecular complexity index is 1770. The Balaban J connectivity index is 1.49. The Labute approximate surface area is 237 Å². The van der Waals surface area contributed by atoms with Crippen molar-refractivity contribution in [2.24, 2.45) is 7.05 Å². The van der Waals surface area contributed by atoms with Crippen molar-refractivity contribution in [2.45, 2.75) is 17.5 Å². The Morgan fingerprint density at radius 2 is 2.05 bits per heavy atom. The van der Waals surface area contributed by atoms with Crippen LogP contribution in [0.3, 0.4) is 0 Å². The summed E-state index contributed by atoms with van der Waals surface area (Å²) in [6.45, 7) is 2.38. The van der Waals surface area contributed by atoms with Gasteiger partial charge in [-0.3, -0.25) is 14.0 Å². The molecule has 3 aromatic heterocycles. The van der Waals surface area contributed by atoms with E-state index in [-0.39, 0.29) is 46.1 Å². The van der Waals surface area contributed by atoms with Gasteiger partial charge in [0.05, 0.1) is 25.0 Å². The normalized spacial score (nSPS) is 15.7. The first kappa shape index (κ1) is 28.4. The van der Waals surface area contributed by atoms with E-state index in [9.17, 15) is 18.5 Å². The largest absolute Gasteiger partial charge is 0.371 e. The zero-order valence-corrected chi connectivity index (χ0v) is 23.8. The molecule has 0 radical (unpaired) electrons. The second kappa shape index (κ2) is 11.8. The summed E-state index contributed by atoms with van der Waals surface area (Å²) in [5, 5.41) is 20.9. The topological polar surface area (TPSA) is 160 Å². The van der Waals surface area contributed by atoms with Crippen LogP contribution in [0.25, 0.3) is 11.0 Å². The third-order valence-corrected chi connectivity index (χ3v) is 8.46. The first-order valence-corrected chi connectivity index (χ1v) is 14.7. The fraction of sp³-hybridized carbons (Fsp3) is 0.370. The van der Waals surface area contributed by atoms with Crippen LogP contribution in [0.2, 0.25) is 0 Å². The fourth-order valence-electron chi connectivity index (χ4n) is 4.58. The minimum atomic E-state index is -3.69. The molecule has 0 bridgehead atoms. The smallest absolute Gasteiger partial charge is 0.270 e. The van der Waals surface area contributed by atoms with Gasteiger partial charge in [0, 0.05) is 50.1 Å². The summed E-state index contributed by atoms with van der Waals surface area (Å²) in [6.07, 6.45) is 2.94. The Morgan fingerprint density at radius 1 is 1.27 bits per heavy atom. The number of rotatable bonds is 9. The Hall–Kier alpha value is -4.16. The van der Waals surface area contributed by atoms with Crippen LogP contribution in [-0.4, -0.2) is 83.7 Å². The predicted molar refractivity (Wildman–Crippen MR) is 153 cm³/mol. The lowest BCUT2D eigenvalue weighted by atomic mass is 10.1. The van der Waals surface area contributed by atoms with Gasteiger partial charge >= 0.3 is 0 Å². The number of benzene rings is 1. The quantitative estimate of drug-likeness (QED) is 0.294. The van der Waals surface area contributed by atoms with E-state index in [2.05, 4.69) is 25.7 Å². The number of ether oxygens (including phenoxy) is 1. The van der Waals surface area contributed by atoms with Crippen molar-refractivity contribution in [3.05, 3.63) is 69.9 Å². The van der Waals surface area contributed by atoms with E-state index in [1.54, 1.807) is 26.0 Å². The van der Waals surface area contributed by atoms with Gasteiger partial charge in [-0.1, -0.05) is 12.1 Å². The van der Waals surface area contributed by atoms with E-state index in [0.29, 0.717) is 18.5 Å². The second-order valence-corrected chi connectivity index (χ2v) is 12.2. The van der Waals surface area contributed by atoms with Crippen LogP contribution in [0.15, 0.2) is 52.4 Å². The molecule has 1 atom stereocenters. The monoisotopic (exact) mass is 577 g/mol. The predicted octanol–water partition coefficient (Wildman–Crippen LogP) is 1.18. The molecule has 1 aliphatic rings. The molecule has 1 aliphatic heterocycles. The van der Waals surface area contributed by atoms with Crippen molar-refractivity contribution in [2.75, 3.05) is 51.4 Å². The number of pyridine rings is 1. The summed E-state index contributed by atoms with van der Waals surface area (Å²) in [5.41, 5.74) is 1.51. The molecule has 4 heterocycles. The molecule has 2 N–H and O–H groups in total. The van der Waals surface area contributed by atoms with Crippen LogP contribution in [-0.2, 0) is 28.2 Å². The van der Waals surface area contributed by atoms with Gasteiger partial charge in [0.2, 0.25) is 5.95 Å². The average Bonchev–Trinajstić information content (AvgIpc) is 3.35. The fourth-order valence-corrected chi connectivity index (χ4v) is 6.18. The minimum absolute atomic E-state index is 0.0123. The molecule has 4 aromatic rings. The maximum absolute atomic E-state index is 13.3. The lowest BCUT2D eigenvalue weighted by molar-refractivity contribution is 0.0277. The van der Waals surface area contributed by atoms with Crippen molar-refractivity contribution in [1.29, 1.82) is 5.26 Å². The molecule has 0 saturated carbocycles. The zero-order valence-electron chi connectivity index (χ0n) is 23.0. The number of morpholine rings is 1. The number of anilines is 2. The average molecular weight is 578 g/mol. The van der Waals surface area contributed by atoms with Gasteiger partial charge in [-0.25, -0.2) is 13.4 Å². The summed E-state index contributed by atoms with van der Waals surface area (Å²) in [5.74, 6) is 0.129. The molecule has 1 unspecified atom stereocenters. The zero-order chi connectivity index (χ0) is 29.1. The van der Waals surface area contributed by atoms with Gasteiger partial charge < -0.3 is 20.3 Å². The van der Waals surface area contributed by atoms with Crippen LogP contribution in [0.5, 0.6) is 0 Å². The summed E-state index contributed by atoms with van der Waals surface area (Å²) in [6, 6.07) is 11.1. The summed E-state index contributed by atoms with van der Waals surface area (Å²) >= 11 is 0. The number of hydrogen-bond acceptors (Lipinski definition) is 11. The molecule has 1 fully saturated rings. The van der Waals surface area contributed by atoms with Crippen LogP contribution >= 0.6 is 0 Å². The maximum Gasteiger partial charge on any atom is 0.270 e. The summed E-state index contributed by atoms with van der Waals surface area (Å²) < 4.78 is 34.8. The van der Waals surface area contributed by atoms with E-state index in [0.717, 1.165) is 24.3 Å². The number of nitrogens with one attached hydrogen (secondary N) is 2. The van der Waals surface area contributed by atoms with E-state index in [1.165, 1.54) is 27.7 Å². The third-order valence-electron chi connectivity index (χ3n) is 6.73. The van der Waals surface area contributed by atoms with E-state index in [1.807, 2.05) is 30.3 Å². The number of fused-ring (bicyclic) bond motifs is 1. The van der Waals surface area contributed by atoms with Crippen molar-refractivity contribution in [1.82, 2.24) is 34.5 Å². The number of aromatic nitrogens is 5. The lowest BCUT2D eigenvalue weighted by Gasteiger charge is -2.24. The van der Waals surface area contributed by atoms with Crippen molar-refractivity contribution < 1.29 is 13.2 Å². The highest BCUT2D eigenvalue weighted by Crippen LogP contribution is 2.23. The van der Waals surface area contributed by atoms with Gasteiger partial charge in [-0.2, -0.15) is 15.3 Å². The first-order valence-electron chi connectivity index (χ1n) is 13.0. The molecule has 0 spiro atoms. The highest BCUT2D eigenvalue weighted by molar-refractivity contribution is 7.91. The Morgan fingerprint density at radius 3 is 2.73 bits per heavy atom. The SMILES string of the molecule is CN(C)CCS(=O)(=O)c1cn(C)nc1Cn1c(=O)c(C#N)cc2cnc(Nc3ccc(C4CNCCO4)cc3)nc21. The van der Waals surface area contributed by atoms with E-state index in [4.69, 9.17) is 4.74 Å². The molecule has 41 heavy (non-hydrogen) atoms. The van der Waals surface area contributed by atoms with Gasteiger partial charge in [0.1, 0.15) is 27.9 Å². The van der Waals surface area contributed by atoms with Crippen molar-refractivity contribution in [3.8, 4) is 6.07 Å². The molecule has 14 heteroatoms. The highest BCUT2D eigenvalue weighted by atomic mass is 32.2. The molecule has 214 valence electrons. The summed E-state index contributed by atoms with van der Waals surface area (Å²) in [4.78, 5) is 24.1. The molecular formula is C27H31N9O4S. The number of sulfone groups is 1. The molecule has 1 aromatic carbocycles. The number of aryl methyl sites for hydroxylation is 1. The van der Waals surface area contributed by atoms with Crippen LogP contribution in [0.1, 0.15) is 22.9 Å². The van der Waals surface area contributed by atoms with Crippen molar-refractivity contribution in [3.63, 3.8) is 0 Å². The lowest BCUT2D eigenvalue weighted by Crippen LogP contribution is -2.33. The van der Waals surface area contributed by atoms with Gasteiger partial charge in [0.15, 0.2) is 9.84 Å². The Kier molecular flexibility index (Phi) is 8.13. The minimum Gasteiger partial charge on any atom is -0.371 e. The molecule has 13 nitrogen and oxygen atoms in total. The maximum atomic E-state index is 13.3.